The van der Waals surface area contributed by atoms with Crippen LogP contribution in [0.1, 0.15) is 6.92 Å². The van der Waals surface area contributed by atoms with Gasteiger partial charge in [0.15, 0.2) is 5.58 Å². The van der Waals surface area contributed by atoms with Gasteiger partial charge < -0.3 is 9.15 Å². The molecule has 1 aromatic heterocycles. The lowest BCUT2D eigenvalue weighted by Crippen LogP contribution is -2.45. The van der Waals surface area contributed by atoms with E-state index in [1.807, 2.05) is 24.3 Å². The number of ether oxygens (including phenoxy) is 1. The van der Waals surface area contributed by atoms with Crippen molar-refractivity contribution in [3.63, 3.8) is 0 Å². The molecule has 0 radical (unpaired) electrons. The highest BCUT2D eigenvalue weighted by Crippen LogP contribution is 2.14. The summed E-state index contributed by atoms with van der Waals surface area (Å²) in [6.45, 7) is 4.93. The van der Waals surface area contributed by atoms with E-state index in [2.05, 4.69) is 11.8 Å². The van der Waals surface area contributed by atoms with Crippen molar-refractivity contribution < 1.29 is 9.15 Å². The number of oxazole rings is 1. The monoisotopic (exact) mass is 248 g/mol. The number of para-hydroxylation sites is 2. The lowest BCUT2D eigenvalue weighted by Gasteiger charge is -2.32. The summed E-state index contributed by atoms with van der Waals surface area (Å²) in [6, 6.07) is 7.82. The average molecular weight is 248 g/mol. The summed E-state index contributed by atoms with van der Waals surface area (Å²) in [7, 11) is 0. The number of hydrogen-bond acceptors (Lipinski definition) is 4. The van der Waals surface area contributed by atoms with E-state index in [9.17, 15) is 4.79 Å². The Kier molecular flexibility index (Phi) is 2.93. The number of morpholine rings is 1. The molecule has 0 unspecified atom stereocenters. The molecular weight excluding hydrogens is 232 g/mol. The second kappa shape index (κ2) is 4.59. The Morgan fingerprint density at radius 3 is 3.06 bits per heavy atom. The van der Waals surface area contributed by atoms with Crippen LogP contribution in [-0.2, 0) is 11.4 Å². The molecular formula is C13H16N2O3. The number of aromatic nitrogens is 1. The van der Waals surface area contributed by atoms with Crippen LogP contribution in [0, 0.1) is 0 Å². The topological polar surface area (TPSA) is 47.6 Å². The van der Waals surface area contributed by atoms with Crippen LogP contribution in [0.2, 0.25) is 0 Å². The molecule has 0 spiro atoms. The van der Waals surface area contributed by atoms with E-state index >= 15 is 0 Å². The first kappa shape index (κ1) is 11.5. The molecule has 5 heteroatoms. The number of nitrogens with zero attached hydrogens (tertiary/aromatic N) is 2. The maximum Gasteiger partial charge on any atom is 0.421 e. The van der Waals surface area contributed by atoms with Gasteiger partial charge in [0, 0.05) is 12.6 Å². The smallest absolute Gasteiger partial charge is 0.408 e. The van der Waals surface area contributed by atoms with Crippen LogP contribution in [0.25, 0.3) is 11.1 Å². The minimum atomic E-state index is -0.296. The first-order valence-corrected chi connectivity index (χ1v) is 6.16. The zero-order valence-corrected chi connectivity index (χ0v) is 10.3. The van der Waals surface area contributed by atoms with Crippen molar-refractivity contribution in [1.29, 1.82) is 0 Å². The fraction of sp³-hybridized carbons (Fsp3) is 0.462. The maximum absolute atomic E-state index is 11.9. The van der Waals surface area contributed by atoms with E-state index in [1.165, 1.54) is 0 Å². The van der Waals surface area contributed by atoms with Crippen molar-refractivity contribution in [3.8, 4) is 0 Å². The summed E-state index contributed by atoms with van der Waals surface area (Å²) < 4.78 is 12.3. The zero-order valence-electron chi connectivity index (χ0n) is 10.3. The molecule has 1 aliphatic rings. The molecule has 1 atom stereocenters. The summed E-state index contributed by atoms with van der Waals surface area (Å²) in [5.74, 6) is -0.296. The SMILES string of the molecule is C[C@H]1COCCN1Cn1c(=O)oc2ccccc21. The van der Waals surface area contributed by atoms with E-state index in [0.29, 0.717) is 24.9 Å². The van der Waals surface area contributed by atoms with Crippen LogP contribution < -0.4 is 5.76 Å². The van der Waals surface area contributed by atoms with Crippen molar-refractivity contribution in [2.24, 2.45) is 0 Å². The molecule has 0 amide bonds. The third-order valence-electron chi connectivity index (χ3n) is 3.40. The highest BCUT2D eigenvalue weighted by molar-refractivity contribution is 5.72. The lowest BCUT2D eigenvalue weighted by atomic mass is 10.3. The van der Waals surface area contributed by atoms with Crippen LogP contribution in [-0.4, -0.2) is 35.3 Å². The molecule has 18 heavy (non-hydrogen) atoms. The molecule has 1 saturated heterocycles. The van der Waals surface area contributed by atoms with Crippen LogP contribution in [0.5, 0.6) is 0 Å². The molecule has 2 heterocycles. The summed E-state index contributed by atoms with van der Waals surface area (Å²) in [5.41, 5.74) is 1.49. The Morgan fingerprint density at radius 1 is 1.39 bits per heavy atom. The largest absolute Gasteiger partial charge is 0.421 e. The van der Waals surface area contributed by atoms with Crippen molar-refractivity contribution >= 4 is 11.1 Å². The summed E-state index contributed by atoms with van der Waals surface area (Å²) in [4.78, 5) is 14.1. The molecule has 5 nitrogen and oxygen atoms in total. The van der Waals surface area contributed by atoms with Crippen LogP contribution >= 0.6 is 0 Å². The van der Waals surface area contributed by atoms with E-state index in [1.54, 1.807) is 4.57 Å². The first-order chi connectivity index (χ1) is 8.75. The van der Waals surface area contributed by atoms with Crippen molar-refractivity contribution in [3.05, 3.63) is 34.8 Å². The Labute approximate surface area is 105 Å². The van der Waals surface area contributed by atoms with E-state index in [4.69, 9.17) is 9.15 Å². The quantitative estimate of drug-likeness (QED) is 0.803. The van der Waals surface area contributed by atoms with Crippen molar-refractivity contribution in [2.45, 2.75) is 19.6 Å². The average Bonchev–Trinajstić information content (AvgIpc) is 2.69. The first-order valence-electron chi connectivity index (χ1n) is 6.16. The Morgan fingerprint density at radius 2 is 2.22 bits per heavy atom. The van der Waals surface area contributed by atoms with Gasteiger partial charge in [0.25, 0.3) is 0 Å². The molecule has 3 rings (SSSR count). The highest BCUT2D eigenvalue weighted by atomic mass is 16.5. The van der Waals surface area contributed by atoms with Crippen molar-refractivity contribution in [2.75, 3.05) is 19.8 Å². The molecule has 1 fully saturated rings. The third-order valence-corrected chi connectivity index (χ3v) is 3.40. The lowest BCUT2D eigenvalue weighted by molar-refractivity contribution is -0.0155. The van der Waals surface area contributed by atoms with Crippen molar-refractivity contribution in [1.82, 2.24) is 9.47 Å². The van der Waals surface area contributed by atoms with E-state index in [-0.39, 0.29) is 5.76 Å². The molecule has 0 N–H and O–H groups in total. The summed E-state index contributed by atoms with van der Waals surface area (Å²) in [5, 5.41) is 0. The number of hydrogen-bond donors (Lipinski definition) is 0. The minimum absolute atomic E-state index is 0.296. The van der Waals surface area contributed by atoms with Gasteiger partial charge in [0.1, 0.15) is 0 Å². The molecule has 96 valence electrons. The van der Waals surface area contributed by atoms with Gasteiger partial charge in [-0.1, -0.05) is 12.1 Å². The van der Waals surface area contributed by atoms with Gasteiger partial charge in [-0.05, 0) is 19.1 Å². The second-order valence-corrected chi connectivity index (χ2v) is 4.64. The summed E-state index contributed by atoms with van der Waals surface area (Å²) in [6.07, 6.45) is 0. The number of benzene rings is 1. The van der Waals surface area contributed by atoms with Gasteiger partial charge in [0.2, 0.25) is 0 Å². The molecule has 1 aliphatic heterocycles. The van der Waals surface area contributed by atoms with Gasteiger partial charge in [-0.3, -0.25) is 9.47 Å². The van der Waals surface area contributed by atoms with E-state index in [0.717, 1.165) is 18.7 Å². The molecule has 2 aromatic rings. The predicted molar refractivity (Wildman–Crippen MR) is 67.5 cm³/mol. The van der Waals surface area contributed by atoms with Gasteiger partial charge >= 0.3 is 5.76 Å². The number of rotatable bonds is 2. The predicted octanol–water partition coefficient (Wildman–Crippen LogP) is 1.27. The Bertz CT molecular complexity index is 602. The van der Waals surface area contributed by atoms with Gasteiger partial charge in [-0.2, -0.15) is 0 Å². The molecule has 0 aliphatic carbocycles. The van der Waals surface area contributed by atoms with Crippen LogP contribution in [0.3, 0.4) is 0 Å². The Hall–Kier alpha value is -1.59. The minimum Gasteiger partial charge on any atom is -0.408 e. The standard InChI is InChI=1S/C13H16N2O3/c1-10-8-17-7-6-14(10)9-15-11-4-2-3-5-12(11)18-13(15)16/h2-5,10H,6-9H2,1H3/t10-/m0/s1. The fourth-order valence-electron chi connectivity index (χ4n) is 2.30. The van der Waals surface area contributed by atoms with E-state index < -0.39 is 0 Å². The highest BCUT2D eigenvalue weighted by Gasteiger charge is 2.20. The maximum atomic E-state index is 11.9. The summed E-state index contributed by atoms with van der Waals surface area (Å²) >= 11 is 0. The third kappa shape index (κ3) is 1.95. The van der Waals surface area contributed by atoms with Gasteiger partial charge in [-0.15, -0.1) is 0 Å². The van der Waals surface area contributed by atoms with Crippen LogP contribution in [0.15, 0.2) is 33.5 Å². The fourth-order valence-corrected chi connectivity index (χ4v) is 2.30. The molecule has 0 saturated carbocycles. The normalized spacial score (nSPS) is 21.5. The molecule has 0 bridgehead atoms. The molecule has 1 aromatic carbocycles. The van der Waals surface area contributed by atoms with Crippen LogP contribution in [0.4, 0.5) is 0 Å². The van der Waals surface area contributed by atoms with Gasteiger partial charge in [0.05, 0.1) is 25.4 Å². The second-order valence-electron chi connectivity index (χ2n) is 4.64. The van der Waals surface area contributed by atoms with Gasteiger partial charge in [-0.25, -0.2) is 4.79 Å². The zero-order chi connectivity index (χ0) is 12.5. The Balaban J connectivity index is 1.94. The number of fused-ring (bicyclic) bond motifs is 1.